The molecule has 6 heterocycles. The first-order chi connectivity index (χ1) is 30.5. The Morgan fingerprint density at radius 3 is 1.23 bits per heavy atom. The van der Waals surface area contributed by atoms with Gasteiger partial charge in [0.1, 0.15) is 33.7 Å². The fourth-order valence-corrected chi connectivity index (χ4v) is 13.1. The summed E-state index contributed by atoms with van der Waals surface area (Å²) in [4.78, 5) is 31.6. The van der Waals surface area contributed by atoms with Crippen molar-refractivity contribution in [2.45, 2.75) is 10.8 Å². The van der Waals surface area contributed by atoms with Crippen LogP contribution in [0.3, 0.4) is 0 Å². The minimum absolute atomic E-state index is 0.227. The molecule has 2 spiro atoms. The molecule has 0 bridgehead atoms. The molecule has 8 aromatic rings. The summed E-state index contributed by atoms with van der Waals surface area (Å²) < 4.78 is 69.4. The molecule has 2 amide bonds. The first-order valence-electron chi connectivity index (χ1n) is 19.9. The summed E-state index contributed by atoms with van der Waals surface area (Å²) in [6.45, 7) is 0. The van der Waals surface area contributed by atoms with Crippen LogP contribution < -0.4 is 19.3 Å². The van der Waals surface area contributed by atoms with E-state index in [0.29, 0.717) is 67.3 Å². The molecule has 12 rings (SSSR count). The van der Waals surface area contributed by atoms with Crippen LogP contribution in [0.2, 0.25) is 0 Å². The summed E-state index contributed by atoms with van der Waals surface area (Å²) >= 11 is 7.05. The normalized spacial score (nSPS) is 19.1. The molecule has 6 aromatic carbocycles. The highest BCUT2D eigenvalue weighted by Gasteiger charge is 2.61. The summed E-state index contributed by atoms with van der Waals surface area (Å²) in [5.74, 6) is 1.37. The van der Waals surface area contributed by atoms with Gasteiger partial charge in [-0.2, -0.15) is 0 Å². The van der Waals surface area contributed by atoms with Crippen molar-refractivity contribution in [2.75, 3.05) is 36.4 Å². The van der Waals surface area contributed by atoms with Crippen LogP contribution in [-0.2, 0) is 40.5 Å². The molecule has 0 aliphatic carbocycles. The van der Waals surface area contributed by atoms with Gasteiger partial charge in [-0.15, -0.1) is 0 Å². The van der Waals surface area contributed by atoms with Crippen LogP contribution in [0.25, 0.3) is 21.8 Å². The van der Waals surface area contributed by atoms with Gasteiger partial charge in [-0.25, -0.2) is 24.8 Å². The minimum atomic E-state index is -3.79. The third kappa shape index (κ3) is 5.18. The van der Waals surface area contributed by atoms with Crippen molar-refractivity contribution in [2.24, 2.45) is 0 Å². The topological polar surface area (TPSA) is 137 Å². The van der Waals surface area contributed by atoms with Crippen molar-refractivity contribution in [3.8, 4) is 23.0 Å². The number of aromatic nitrogens is 2. The van der Waals surface area contributed by atoms with Crippen LogP contribution >= 0.6 is 31.9 Å². The molecule has 0 fully saturated rings. The monoisotopic (exact) mass is 1020 g/mol. The Morgan fingerprint density at radius 2 is 0.844 bits per heavy atom. The predicted octanol–water partition coefficient (Wildman–Crippen LogP) is 9.26. The number of hydrogen-bond acceptors (Lipinski definition) is 8. The van der Waals surface area contributed by atoms with E-state index in [-0.39, 0.29) is 11.8 Å². The lowest BCUT2D eigenvalue weighted by Gasteiger charge is -2.35. The predicted molar refractivity (Wildman–Crippen MR) is 252 cm³/mol. The van der Waals surface area contributed by atoms with Gasteiger partial charge in [-0.1, -0.05) is 92.5 Å². The number of amides is 2. The zero-order chi connectivity index (χ0) is 44.8. The van der Waals surface area contributed by atoms with Crippen molar-refractivity contribution in [1.29, 1.82) is 0 Å². The van der Waals surface area contributed by atoms with Crippen LogP contribution in [0.4, 0.5) is 11.4 Å². The van der Waals surface area contributed by atoms with E-state index in [0.717, 1.165) is 44.0 Å². The lowest BCUT2D eigenvalue weighted by atomic mass is 9.71. The van der Waals surface area contributed by atoms with E-state index in [1.807, 2.05) is 109 Å². The SMILES string of the molecule is CN1C(=O)[C@]2(c3cc(Br)ccc3Oc3c2n(S(C)(=O)=O)c2ccccc32)c2ccccc21.CN1C(=O)[C@]2(c3cc(Br)ccc3Oc3c2n(S(C)(=O)=O)c2ccccc32)c2ccccc21. The van der Waals surface area contributed by atoms with E-state index in [2.05, 4.69) is 31.9 Å². The third-order valence-corrected chi connectivity index (χ3v) is 15.7. The van der Waals surface area contributed by atoms with E-state index in [9.17, 15) is 26.4 Å². The molecule has 64 heavy (non-hydrogen) atoms. The molecular formula is C48H34Br2N4O8S2. The molecule has 4 aliphatic heterocycles. The Kier molecular flexibility index (Phi) is 8.66. The van der Waals surface area contributed by atoms with Crippen LogP contribution in [0, 0.1) is 0 Å². The Morgan fingerprint density at radius 1 is 0.484 bits per heavy atom. The maximum absolute atomic E-state index is 14.2. The summed E-state index contributed by atoms with van der Waals surface area (Å²) in [6, 6.07) is 40.4. The largest absolute Gasteiger partial charge is 0.454 e. The number of anilines is 2. The van der Waals surface area contributed by atoms with Gasteiger partial charge >= 0.3 is 0 Å². The fourth-order valence-electron chi connectivity index (χ4n) is 10.2. The van der Waals surface area contributed by atoms with Crippen molar-refractivity contribution >= 4 is 96.9 Å². The van der Waals surface area contributed by atoms with Gasteiger partial charge in [0.2, 0.25) is 31.9 Å². The zero-order valence-electron chi connectivity index (χ0n) is 34.3. The molecular weight excluding hydrogens is 984 g/mol. The second-order valence-electron chi connectivity index (χ2n) is 16.2. The van der Waals surface area contributed by atoms with Crippen molar-refractivity contribution in [1.82, 2.24) is 7.94 Å². The molecule has 12 nitrogen and oxygen atoms in total. The van der Waals surface area contributed by atoms with Crippen molar-refractivity contribution in [3.05, 3.63) is 176 Å². The summed E-state index contributed by atoms with van der Waals surface area (Å²) in [5.41, 5.74) is 2.97. The number of halogens is 2. The van der Waals surface area contributed by atoms with Gasteiger partial charge in [-0.05, 0) is 72.8 Å². The number of likely N-dealkylation sites (N-methyl/N-ethyl adjacent to an activating group) is 2. The Hall–Kier alpha value is -6.20. The highest BCUT2D eigenvalue weighted by molar-refractivity contribution is 9.10. The van der Waals surface area contributed by atoms with Crippen LogP contribution in [0.1, 0.15) is 33.6 Å². The average molecular weight is 1020 g/mol. The van der Waals surface area contributed by atoms with Gasteiger partial charge in [0.05, 0.1) is 23.5 Å². The van der Waals surface area contributed by atoms with Crippen LogP contribution in [-0.4, -0.2) is 63.2 Å². The molecule has 2 atom stereocenters. The molecule has 2 aromatic heterocycles. The van der Waals surface area contributed by atoms with Crippen molar-refractivity contribution < 1.29 is 35.9 Å². The number of ether oxygens (including phenoxy) is 2. The van der Waals surface area contributed by atoms with Gasteiger partial charge in [0.25, 0.3) is 0 Å². The Bertz CT molecular complexity index is 3420. The van der Waals surface area contributed by atoms with E-state index >= 15 is 0 Å². The van der Waals surface area contributed by atoms with E-state index in [1.165, 1.54) is 7.94 Å². The second-order valence-corrected chi connectivity index (χ2v) is 21.7. The second kappa shape index (κ2) is 13.7. The number of nitrogens with zero attached hydrogens (tertiary/aromatic N) is 4. The number of benzene rings is 6. The lowest BCUT2D eigenvalue weighted by Crippen LogP contribution is -2.44. The Balaban J connectivity index is 0.000000143. The number of rotatable bonds is 2. The molecule has 320 valence electrons. The number of hydrogen-bond donors (Lipinski definition) is 0. The maximum Gasteiger partial charge on any atom is 0.248 e. The zero-order valence-corrected chi connectivity index (χ0v) is 39.1. The van der Waals surface area contributed by atoms with Crippen LogP contribution in [0.5, 0.6) is 23.0 Å². The molecule has 0 radical (unpaired) electrons. The quantitative estimate of drug-likeness (QED) is 0.167. The minimum Gasteiger partial charge on any atom is -0.454 e. The molecule has 0 saturated carbocycles. The molecule has 0 unspecified atom stereocenters. The fraction of sp³-hybridized carbons (Fsp3) is 0.125. The van der Waals surface area contributed by atoms with E-state index in [1.54, 1.807) is 48.2 Å². The first kappa shape index (κ1) is 40.6. The standard InChI is InChI=1S/2C24H17BrN2O4S/c2*1-26-19-10-6-4-8-16(19)24(23(26)28)17-13-14(25)11-12-20(17)31-21-15-7-3-5-9-18(15)27(22(21)24)32(2,29)30/h2*3-13H,1-2H3/t2*24-/m00/s1. The molecule has 4 aliphatic rings. The lowest BCUT2D eigenvalue weighted by molar-refractivity contribution is -0.121. The summed E-state index contributed by atoms with van der Waals surface area (Å²) in [5, 5.41) is 1.28. The number of fused-ring (bicyclic) bond motifs is 16. The number of carbonyl (C=O) groups excluding carboxylic acids is 2. The highest BCUT2D eigenvalue weighted by atomic mass is 79.9. The first-order valence-corrected chi connectivity index (χ1v) is 25.2. The van der Waals surface area contributed by atoms with Gasteiger partial charge in [0.15, 0.2) is 11.5 Å². The molecule has 0 N–H and O–H groups in total. The van der Waals surface area contributed by atoms with Gasteiger partial charge < -0.3 is 19.3 Å². The van der Waals surface area contributed by atoms with Gasteiger partial charge in [-0.3, -0.25) is 9.59 Å². The van der Waals surface area contributed by atoms with Crippen LogP contribution in [0.15, 0.2) is 142 Å². The summed E-state index contributed by atoms with van der Waals surface area (Å²) in [6.07, 6.45) is 2.30. The molecule has 0 saturated heterocycles. The average Bonchev–Trinajstić information content (AvgIpc) is 3.93. The van der Waals surface area contributed by atoms with E-state index < -0.39 is 30.9 Å². The van der Waals surface area contributed by atoms with Gasteiger partial charge in [0, 0.05) is 67.4 Å². The number of para-hydroxylation sites is 4. The smallest absolute Gasteiger partial charge is 0.248 e. The van der Waals surface area contributed by atoms with Crippen molar-refractivity contribution in [3.63, 3.8) is 0 Å². The maximum atomic E-state index is 14.2. The molecule has 16 heteroatoms. The third-order valence-electron chi connectivity index (χ3n) is 12.6. The number of carbonyl (C=O) groups is 2. The highest BCUT2D eigenvalue weighted by Crippen LogP contribution is 2.62. The Labute approximate surface area is 384 Å². The summed E-state index contributed by atoms with van der Waals surface area (Å²) in [7, 11) is -4.15. The van der Waals surface area contributed by atoms with E-state index in [4.69, 9.17) is 9.47 Å².